The van der Waals surface area contributed by atoms with Crippen LogP contribution in [0.2, 0.25) is 0 Å². The second kappa shape index (κ2) is 8.32. The van der Waals surface area contributed by atoms with Crippen LogP contribution in [0.5, 0.6) is 5.75 Å². The summed E-state index contributed by atoms with van der Waals surface area (Å²) >= 11 is 0. The molecule has 0 unspecified atom stereocenters. The second-order valence-corrected chi connectivity index (χ2v) is 7.65. The van der Waals surface area contributed by atoms with Gasteiger partial charge in [0.2, 0.25) is 10.0 Å². The molecule has 0 amide bonds. The van der Waals surface area contributed by atoms with Crippen LogP contribution in [-0.2, 0) is 16.6 Å². The van der Waals surface area contributed by atoms with E-state index in [2.05, 4.69) is 9.71 Å². The van der Waals surface area contributed by atoms with Crippen molar-refractivity contribution in [3.05, 3.63) is 77.1 Å². The zero-order valence-electron chi connectivity index (χ0n) is 15.0. The molecule has 2 aromatic carbocycles. The zero-order valence-corrected chi connectivity index (χ0v) is 15.8. The molecule has 28 heavy (non-hydrogen) atoms. The van der Waals surface area contributed by atoms with Crippen LogP contribution in [0.4, 0.5) is 4.39 Å². The monoisotopic (exact) mass is 403 g/mol. The Balaban J connectivity index is 1.66. The molecule has 9 heteroatoms. The molecule has 0 aliphatic rings. The molecule has 1 aromatic heterocycles. The smallest absolute Gasteiger partial charge is 0.253 e. The average Bonchev–Trinajstić information content (AvgIpc) is 2.69. The quantitative estimate of drug-likeness (QED) is 0.652. The third kappa shape index (κ3) is 4.62. The van der Waals surface area contributed by atoms with Crippen LogP contribution in [0.1, 0.15) is 0 Å². The van der Waals surface area contributed by atoms with E-state index in [4.69, 9.17) is 4.74 Å². The third-order valence-electron chi connectivity index (χ3n) is 4.03. The Kier molecular flexibility index (Phi) is 5.86. The first-order valence-electron chi connectivity index (χ1n) is 8.35. The van der Waals surface area contributed by atoms with Crippen LogP contribution in [0.15, 0.2) is 70.6 Å². The zero-order chi connectivity index (χ0) is 20.1. The van der Waals surface area contributed by atoms with Gasteiger partial charge in [-0.1, -0.05) is 0 Å². The summed E-state index contributed by atoms with van der Waals surface area (Å²) in [7, 11) is -2.21. The molecule has 0 saturated carbocycles. The van der Waals surface area contributed by atoms with Crippen molar-refractivity contribution in [2.45, 2.75) is 11.4 Å². The van der Waals surface area contributed by atoms with Crippen molar-refractivity contribution < 1.29 is 17.5 Å². The lowest BCUT2D eigenvalue weighted by molar-refractivity contribution is 0.415. The Morgan fingerprint density at radius 1 is 1.11 bits per heavy atom. The van der Waals surface area contributed by atoms with Gasteiger partial charge in [0.15, 0.2) is 0 Å². The number of nitrogens with zero attached hydrogens (tertiary/aromatic N) is 2. The van der Waals surface area contributed by atoms with Crippen molar-refractivity contribution in [3.8, 4) is 17.0 Å². The van der Waals surface area contributed by atoms with E-state index in [-0.39, 0.29) is 23.5 Å². The van der Waals surface area contributed by atoms with Gasteiger partial charge in [-0.3, -0.25) is 9.36 Å². The summed E-state index contributed by atoms with van der Waals surface area (Å²) in [6, 6.07) is 13.0. The fraction of sp³-hybridized carbons (Fsp3) is 0.158. The van der Waals surface area contributed by atoms with Crippen LogP contribution >= 0.6 is 0 Å². The average molecular weight is 403 g/mol. The van der Waals surface area contributed by atoms with Crippen LogP contribution in [0.25, 0.3) is 11.3 Å². The van der Waals surface area contributed by atoms with Gasteiger partial charge in [0, 0.05) is 24.7 Å². The molecule has 0 saturated heterocycles. The third-order valence-corrected chi connectivity index (χ3v) is 5.51. The molecule has 1 N–H and O–H groups in total. The van der Waals surface area contributed by atoms with Crippen molar-refractivity contribution in [3.63, 3.8) is 0 Å². The van der Waals surface area contributed by atoms with Crippen LogP contribution in [-0.4, -0.2) is 31.6 Å². The molecule has 146 valence electrons. The molecular weight excluding hydrogens is 385 g/mol. The number of sulfonamides is 1. The standard InChI is InChI=1S/C19H18FN3O4S/c1-27-16-6-2-14(3-7-16)18-12-19(24)23(13-21-18)11-10-22-28(25,26)17-8-4-15(20)5-9-17/h2-9,12-13,22H,10-11H2,1H3. The Hall–Kier alpha value is -3.04. The normalized spacial score (nSPS) is 11.4. The first kappa shape index (κ1) is 19.7. The molecule has 3 rings (SSSR count). The Labute approximate surface area is 161 Å². The lowest BCUT2D eigenvalue weighted by Gasteiger charge is -2.09. The van der Waals surface area contributed by atoms with Gasteiger partial charge in [-0.25, -0.2) is 22.5 Å². The molecule has 7 nitrogen and oxygen atoms in total. The first-order valence-corrected chi connectivity index (χ1v) is 9.83. The van der Waals surface area contributed by atoms with Crippen LogP contribution in [0, 0.1) is 5.82 Å². The number of hydrogen-bond donors (Lipinski definition) is 1. The Bertz CT molecular complexity index is 1110. The number of aromatic nitrogens is 2. The highest BCUT2D eigenvalue weighted by atomic mass is 32.2. The number of benzene rings is 2. The summed E-state index contributed by atoms with van der Waals surface area (Å²) in [5, 5.41) is 0. The number of rotatable bonds is 7. The number of hydrogen-bond acceptors (Lipinski definition) is 5. The second-order valence-electron chi connectivity index (χ2n) is 5.89. The minimum absolute atomic E-state index is 0.0107. The molecule has 0 fully saturated rings. The maximum atomic E-state index is 12.9. The number of ether oxygens (including phenoxy) is 1. The van der Waals surface area contributed by atoms with Gasteiger partial charge in [0.05, 0.1) is 24.0 Å². The highest BCUT2D eigenvalue weighted by molar-refractivity contribution is 7.89. The van der Waals surface area contributed by atoms with Crippen molar-refractivity contribution in [1.82, 2.24) is 14.3 Å². The molecular formula is C19H18FN3O4S. The summed E-state index contributed by atoms with van der Waals surface area (Å²) < 4.78 is 46.0. The Morgan fingerprint density at radius 3 is 2.39 bits per heavy atom. The topological polar surface area (TPSA) is 90.3 Å². The fourth-order valence-corrected chi connectivity index (χ4v) is 3.53. The first-order chi connectivity index (χ1) is 13.4. The fourth-order valence-electron chi connectivity index (χ4n) is 2.51. The highest BCUT2D eigenvalue weighted by Gasteiger charge is 2.13. The van der Waals surface area contributed by atoms with Crippen LogP contribution < -0.4 is 15.0 Å². The lowest BCUT2D eigenvalue weighted by Crippen LogP contribution is -2.30. The lowest BCUT2D eigenvalue weighted by atomic mass is 10.1. The summed E-state index contributed by atoms with van der Waals surface area (Å²) in [5.41, 5.74) is 0.972. The maximum absolute atomic E-state index is 12.9. The van der Waals surface area contributed by atoms with E-state index in [9.17, 15) is 17.6 Å². The van der Waals surface area contributed by atoms with Crippen molar-refractivity contribution in [2.24, 2.45) is 0 Å². The van der Waals surface area contributed by atoms with Gasteiger partial charge < -0.3 is 4.74 Å². The molecule has 0 aliphatic carbocycles. The van der Waals surface area contributed by atoms with E-state index in [1.54, 1.807) is 31.4 Å². The minimum Gasteiger partial charge on any atom is -0.497 e. The summed E-state index contributed by atoms with van der Waals surface area (Å²) in [5.74, 6) is 0.180. The Morgan fingerprint density at radius 2 is 1.79 bits per heavy atom. The molecule has 0 atom stereocenters. The van der Waals surface area contributed by atoms with Gasteiger partial charge in [0.25, 0.3) is 5.56 Å². The van der Waals surface area contributed by atoms with E-state index < -0.39 is 15.8 Å². The van der Waals surface area contributed by atoms with E-state index in [1.807, 2.05) is 0 Å². The molecule has 0 aliphatic heterocycles. The number of halogens is 1. The molecule has 1 heterocycles. The van der Waals surface area contributed by atoms with E-state index in [0.29, 0.717) is 11.4 Å². The van der Waals surface area contributed by atoms with E-state index in [0.717, 1.165) is 17.7 Å². The summed E-state index contributed by atoms with van der Waals surface area (Å²) in [6.45, 7) is 0.0956. The number of methoxy groups -OCH3 is 1. The molecule has 0 bridgehead atoms. The van der Waals surface area contributed by atoms with Crippen LogP contribution in [0.3, 0.4) is 0 Å². The van der Waals surface area contributed by atoms with Gasteiger partial charge in [0.1, 0.15) is 11.6 Å². The van der Waals surface area contributed by atoms with E-state index >= 15 is 0 Å². The summed E-state index contributed by atoms with van der Waals surface area (Å²) in [4.78, 5) is 16.5. The largest absolute Gasteiger partial charge is 0.497 e. The van der Waals surface area contributed by atoms with Crippen molar-refractivity contribution in [2.75, 3.05) is 13.7 Å². The van der Waals surface area contributed by atoms with Gasteiger partial charge in [-0.15, -0.1) is 0 Å². The van der Waals surface area contributed by atoms with Gasteiger partial charge >= 0.3 is 0 Å². The van der Waals surface area contributed by atoms with Crippen molar-refractivity contribution >= 4 is 10.0 Å². The maximum Gasteiger partial charge on any atom is 0.253 e. The molecule has 0 radical (unpaired) electrons. The predicted octanol–water partition coefficient (Wildman–Crippen LogP) is 2.04. The highest BCUT2D eigenvalue weighted by Crippen LogP contribution is 2.19. The molecule has 3 aromatic rings. The number of nitrogens with one attached hydrogen (secondary N) is 1. The predicted molar refractivity (Wildman–Crippen MR) is 102 cm³/mol. The van der Waals surface area contributed by atoms with Crippen molar-refractivity contribution in [1.29, 1.82) is 0 Å². The minimum atomic E-state index is -3.78. The van der Waals surface area contributed by atoms with Gasteiger partial charge in [-0.05, 0) is 48.5 Å². The van der Waals surface area contributed by atoms with Gasteiger partial charge in [-0.2, -0.15) is 0 Å². The SMILES string of the molecule is COc1ccc(-c2cc(=O)n(CCNS(=O)(=O)c3ccc(F)cc3)cn2)cc1. The summed E-state index contributed by atoms with van der Waals surface area (Å²) in [6.07, 6.45) is 1.37. The van der Waals surface area contributed by atoms with E-state index in [1.165, 1.54) is 29.1 Å². The molecule has 0 spiro atoms.